The van der Waals surface area contributed by atoms with Crippen LogP contribution in [0.4, 0.5) is 0 Å². The highest BCUT2D eigenvalue weighted by Gasteiger charge is 1.86. The number of hydrogen-bond donors (Lipinski definition) is 1. The molecule has 0 aromatic carbocycles. The zero-order valence-electron chi connectivity index (χ0n) is 4.56. The Labute approximate surface area is 65.1 Å². The van der Waals surface area contributed by atoms with Gasteiger partial charge in [0.15, 0.2) is 0 Å². The van der Waals surface area contributed by atoms with E-state index in [4.69, 9.17) is 11.6 Å². The zero-order valence-corrected chi connectivity index (χ0v) is 7.03. The van der Waals surface area contributed by atoms with Gasteiger partial charge in [-0.15, -0.1) is 0 Å². The molecule has 0 spiro atoms. The first-order valence-electron chi connectivity index (χ1n) is 2.29. The standard InChI is InChI=1S/C5H9ClS2/c1-5(6)4-8-3-2-7/h7H,1-4H2. The van der Waals surface area contributed by atoms with Gasteiger partial charge in [-0.3, -0.25) is 0 Å². The molecule has 0 saturated heterocycles. The van der Waals surface area contributed by atoms with Crippen LogP contribution in [0.5, 0.6) is 0 Å². The zero-order chi connectivity index (χ0) is 6.41. The largest absolute Gasteiger partial charge is 0.179 e. The minimum atomic E-state index is 0.719. The Kier molecular flexibility index (Phi) is 6.39. The van der Waals surface area contributed by atoms with Crippen LogP contribution in [0.1, 0.15) is 0 Å². The Morgan fingerprint density at radius 1 is 1.75 bits per heavy atom. The van der Waals surface area contributed by atoms with Crippen molar-refractivity contribution in [3.05, 3.63) is 11.6 Å². The minimum absolute atomic E-state index is 0.719. The molecule has 0 aliphatic heterocycles. The highest BCUT2D eigenvalue weighted by atomic mass is 35.5. The maximum Gasteiger partial charge on any atom is 0.0286 e. The predicted octanol–water partition coefficient (Wildman–Crippen LogP) is 2.40. The van der Waals surface area contributed by atoms with Crippen molar-refractivity contribution in [3.63, 3.8) is 0 Å². The predicted molar refractivity (Wildman–Crippen MR) is 46.2 cm³/mol. The molecule has 0 aliphatic rings. The second-order valence-corrected chi connectivity index (χ2v) is 3.38. The summed E-state index contributed by atoms with van der Waals surface area (Å²) < 4.78 is 0. The van der Waals surface area contributed by atoms with E-state index >= 15 is 0 Å². The normalized spacial score (nSPS) is 9.25. The SMILES string of the molecule is C=C(Cl)CSCCS. The molecule has 0 rings (SSSR count). The van der Waals surface area contributed by atoms with Gasteiger partial charge in [0.05, 0.1) is 0 Å². The molecule has 0 fully saturated rings. The number of halogens is 1. The molecule has 0 radical (unpaired) electrons. The molecule has 8 heavy (non-hydrogen) atoms. The highest BCUT2D eigenvalue weighted by molar-refractivity contribution is 8.00. The molecule has 0 aliphatic carbocycles. The summed E-state index contributed by atoms with van der Waals surface area (Å²) in [5.74, 6) is 2.81. The van der Waals surface area contributed by atoms with E-state index in [1.807, 2.05) is 0 Å². The Morgan fingerprint density at radius 2 is 2.38 bits per heavy atom. The monoisotopic (exact) mass is 168 g/mol. The van der Waals surface area contributed by atoms with Crippen LogP contribution in [-0.2, 0) is 0 Å². The van der Waals surface area contributed by atoms with Crippen molar-refractivity contribution in [3.8, 4) is 0 Å². The second kappa shape index (κ2) is 5.86. The van der Waals surface area contributed by atoms with E-state index < -0.39 is 0 Å². The van der Waals surface area contributed by atoms with E-state index in [1.54, 1.807) is 11.8 Å². The molecular formula is C5H9ClS2. The summed E-state index contributed by atoms with van der Waals surface area (Å²) in [6.07, 6.45) is 0. The Morgan fingerprint density at radius 3 is 2.75 bits per heavy atom. The van der Waals surface area contributed by atoms with Gasteiger partial charge in [0.25, 0.3) is 0 Å². The van der Waals surface area contributed by atoms with Crippen LogP contribution in [0.3, 0.4) is 0 Å². The molecule has 0 saturated carbocycles. The summed E-state index contributed by atoms with van der Waals surface area (Å²) in [7, 11) is 0. The number of hydrogen-bond acceptors (Lipinski definition) is 2. The fourth-order valence-corrected chi connectivity index (χ4v) is 1.36. The summed E-state index contributed by atoms with van der Waals surface area (Å²) in [5, 5.41) is 0.719. The van der Waals surface area contributed by atoms with Crippen LogP contribution in [0.15, 0.2) is 11.6 Å². The Bertz CT molecular complexity index is 72.8. The van der Waals surface area contributed by atoms with Crippen molar-refractivity contribution >= 4 is 36.0 Å². The molecular weight excluding hydrogens is 160 g/mol. The van der Waals surface area contributed by atoms with E-state index in [9.17, 15) is 0 Å². The van der Waals surface area contributed by atoms with Gasteiger partial charge in [-0.05, 0) is 5.75 Å². The van der Waals surface area contributed by atoms with Gasteiger partial charge < -0.3 is 0 Å². The first kappa shape index (κ1) is 8.73. The third-order valence-electron chi connectivity index (χ3n) is 0.494. The van der Waals surface area contributed by atoms with Gasteiger partial charge in [-0.25, -0.2) is 0 Å². The third-order valence-corrected chi connectivity index (χ3v) is 2.36. The minimum Gasteiger partial charge on any atom is -0.179 e. The van der Waals surface area contributed by atoms with E-state index in [1.165, 1.54) is 0 Å². The van der Waals surface area contributed by atoms with Gasteiger partial charge in [0, 0.05) is 16.5 Å². The molecule has 0 aromatic heterocycles. The number of rotatable bonds is 4. The molecule has 0 nitrogen and oxygen atoms in total. The van der Waals surface area contributed by atoms with Crippen molar-refractivity contribution in [1.29, 1.82) is 0 Å². The maximum absolute atomic E-state index is 5.47. The van der Waals surface area contributed by atoms with Crippen molar-refractivity contribution in [2.24, 2.45) is 0 Å². The van der Waals surface area contributed by atoms with Gasteiger partial charge in [0.2, 0.25) is 0 Å². The molecule has 0 N–H and O–H groups in total. The molecule has 0 amide bonds. The summed E-state index contributed by atoms with van der Waals surface area (Å²) in [6.45, 7) is 3.55. The van der Waals surface area contributed by atoms with Crippen LogP contribution < -0.4 is 0 Å². The summed E-state index contributed by atoms with van der Waals surface area (Å²) in [5.41, 5.74) is 0. The molecule has 0 bridgehead atoms. The summed E-state index contributed by atoms with van der Waals surface area (Å²) in [4.78, 5) is 0. The molecule has 0 atom stereocenters. The lowest BCUT2D eigenvalue weighted by molar-refractivity contribution is 1.55. The quantitative estimate of drug-likeness (QED) is 0.497. The lowest BCUT2D eigenvalue weighted by Gasteiger charge is -1.93. The lowest BCUT2D eigenvalue weighted by Crippen LogP contribution is -1.81. The summed E-state index contributed by atoms with van der Waals surface area (Å²) >= 11 is 11.3. The van der Waals surface area contributed by atoms with Crippen LogP contribution in [-0.4, -0.2) is 17.3 Å². The van der Waals surface area contributed by atoms with Crippen molar-refractivity contribution < 1.29 is 0 Å². The fourth-order valence-electron chi connectivity index (χ4n) is 0.247. The molecule has 48 valence electrons. The van der Waals surface area contributed by atoms with Crippen LogP contribution >= 0.6 is 36.0 Å². The lowest BCUT2D eigenvalue weighted by atomic mass is 10.7. The molecule has 0 unspecified atom stereocenters. The van der Waals surface area contributed by atoms with Crippen molar-refractivity contribution in [1.82, 2.24) is 0 Å². The van der Waals surface area contributed by atoms with Gasteiger partial charge in [0.1, 0.15) is 0 Å². The van der Waals surface area contributed by atoms with Crippen molar-refractivity contribution in [2.45, 2.75) is 0 Å². The second-order valence-electron chi connectivity index (χ2n) is 1.29. The highest BCUT2D eigenvalue weighted by Crippen LogP contribution is 2.08. The van der Waals surface area contributed by atoms with Crippen LogP contribution in [0, 0.1) is 0 Å². The number of thiol groups is 1. The Balaban J connectivity index is 2.82. The fraction of sp³-hybridized carbons (Fsp3) is 0.600. The molecule has 0 aromatic rings. The van der Waals surface area contributed by atoms with Gasteiger partial charge >= 0.3 is 0 Å². The number of thioether (sulfide) groups is 1. The topological polar surface area (TPSA) is 0 Å². The van der Waals surface area contributed by atoms with Gasteiger partial charge in [-0.2, -0.15) is 24.4 Å². The summed E-state index contributed by atoms with van der Waals surface area (Å²) in [6, 6.07) is 0. The van der Waals surface area contributed by atoms with E-state index in [0.717, 1.165) is 22.3 Å². The smallest absolute Gasteiger partial charge is 0.0286 e. The van der Waals surface area contributed by atoms with Crippen LogP contribution in [0.2, 0.25) is 0 Å². The molecule has 3 heteroatoms. The first-order chi connectivity index (χ1) is 3.77. The van der Waals surface area contributed by atoms with Gasteiger partial charge in [-0.1, -0.05) is 18.2 Å². The van der Waals surface area contributed by atoms with E-state index in [0.29, 0.717) is 0 Å². The molecule has 0 heterocycles. The Hall–Kier alpha value is 0.730. The van der Waals surface area contributed by atoms with E-state index in [2.05, 4.69) is 19.2 Å². The maximum atomic E-state index is 5.47. The first-order valence-corrected chi connectivity index (χ1v) is 4.45. The van der Waals surface area contributed by atoms with Crippen molar-refractivity contribution in [2.75, 3.05) is 17.3 Å². The van der Waals surface area contributed by atoms with E-state index in [-0.39, 0.29) is 0 Å². The average molecular weight is 169 g/mol. The third kappa shape index (κ3) is 6.73. The van der Waals surface area contributed by atoms with Crippen LogP contribution in [0.25, 0.3) is 0 Å². The average Bonchev–Trinajstić information content (AvgIpc) is 1.66.